The fraction of sp³-hybridized carbons (Fsp3) is 0.250. The fourth-order valence-corrected chi connectivity index (χ4v) is 1.81. The third kappa shape index (κ3) is 4.09. The summed E-state index contributed by atoms with van der Waals surface area (Å²) < 4.78 is 10.3. The molecule has 100 valence electrons. The molecule has 2 rings (SSSR count). The molecule has 0 heterocycles. The number of hydrogen-bond acceptors (Lipinski definition) is 3. The van der Waals surface area contributed by atoms with Gasteiger partial charge in [0, 0.05) is 7.11 Å². The average Bonchev–Trinajstić information content (AvgIpc) is 2.47. The molecule has 3 heteroatoms. The molecule has 0 aliphatic heterocycles. The maximum atomic E-state index is 9.49. The van der Waals surface area contributed by atoms with Gasteiger partial charge in [-0.3, -0.25) is 0 Å². The smallest absolute Gasteiger partial charge is 0.119 e. The third-order valence-electron chi connectivity index (χ3n) is 2.76. The normalized spacial score (nSPS) is 12.1. The molecule has 1 unspecified atom stereocenters. The van der Waals surface area contributed by atoms with E-state index in [1.54, 1.807) is 7.11 Å². The second-order valence-electron chi connectivity index (χ2n) is 4.31. The summed E-state index contributed by atoms with van der Waals surface area (Å²) in [6.45, 7) is 0.515. The van der Waals surface area contributed by atoms with E-state index in [0.717, 1.165) is 11.3 Å². The minimum Gasteiger partial charge on any atom is -0.491 e. The van der Waals surface area contributed by atoms with Crippen LogP contribution in [0.5, 0.6) is 5.75 Å². The first-order valence-corrected chi connectivity index (χ1v) is 6.25. The zero-order valence-electron chi connectivity index (χ0n) is 11.0. The molecule has 0 fully saturated rings. The van der Waals surface area contributed by atoms with Gasteiger partial charge in [-0.25, -0.2) is 0 Å². The van der Waals surface area contributed by atoms with Crippen LogP contribution in [0.4, 0.5) is 0 Å². The van der Waals surface area contributed by atoms with Crippen LogP contribution in [-0.2, 0) is 4.74 Å². The van der Waals surface area contributed by atoms with E-state index in [2.05, 4.69) is 12.1 Å². The lowest BCUT2D eigenvalue weighted by Gasteiger charge is -2.11. The Morgan fingerprint density at radius 3 is 2.16 bits per heavy atom. The van der Waals surface area contributed by atoms with Gasteiger partial charge in [-0.2, -0.15) is 0 Å². The van der Waals surface area contributed by atoms with E-state index in [-0.39, 0.29) is 13.2 Å². The van der Waals surface area contributed by atoms with Gasteiger partial charge in [-0.1, -0.05) is 42.5 Å². The van der Waals surface area contributed by atoms with Crippen LogP contribution >= 0.6 is 0 Å². The highest BCUT2D eigenvalue weighted by Gasteiger charge is 2.04. The minimum absolute atomic E-state index is 0.235. The van der Waals surface area contributed by atoms with E-state index in [1.165, 1.54) is 5.56 Å². The molecule has 1 N–H and O–H groups in total. The SMILES string of the molecule is COCC(O)COc1ccc(-c2ccccc2)cc1. The fourth-order valence-electron chi connectivity index (χ4n) is 1.81. The monoisotopic (exact) mass is 258 g/mol. The summed E-state index contributed by atoms with van der Waals surface area (Å²) in [5.74, 6) is 0.745. The van der Waals surface area contributed by atoms with Crippen LogP contribution in [0, 0.1) is 0 Å². The maximum Gasteiger partial charge on any atom is 0.119 e. The van der Waals surface area contributed by atoms with Crippen molar-refractivity contribution in [3.05, 3.63) is 54.6 Å². The minimum atomic E-state index is -0.598. The number of aliphatic hydroxyl groups excluding tert-OH is 1. The summed E-state index contributed by atoms with van der Waals surface area (Å²) in [5, 5.41) is 9.49. The summed E-state index contributed by atoms with van der Waals surface area (Å²) in [6, 6.07) is 18.0. The molecule has 0 bridgehead atoms. The van der Waals surface area contributed by atoms with Gasteiger partial charge in [0.25, 0.3) is 0 Å². The van der Waals surface area contributed by atoms with Crippen LogP contribution in [0.25, 0.3) is 11.1 Å². The van der Waals surface area contributed by atoms with Crippen molar-refractivity contribution >= 4 is 0 Å². The van der Waals surface area contributed by atoms with Crippen molar-refractivity contribution in [1.29, 1.82) is 0 Å². The van der Waals surface area contributed by atoms with Crippen molar-refractivity contribution in [2.45, 2.75) is 6.10 Å². The molecule has 0 aliphatic rings. The number of hydrogen-bond donors (Lipinski definition) is 1. The Kier molecular flexibility index (Phi) is 4.95. The molecule has 0 spiro atoms. The molecule has 0 amide bonds. The van der Waals surface area contributed by atoms with E-state index in [1.807, 2.05) is 42.5 Å². The van der Waals surface area contributed by atoms with Gasteiger partial charge in [-0.15, -0.1) is 0 Å². The van der Waals surface area contributed by atoms with Crippen LogP contribution in [0.2, 0.25) is 0 Å². The second-order valence-corrected chi connectivity index (χ2v) is 4.31. The first kappa shape index (κ1) is 13.6. The van der Waals surface area contributed by atoms with Crippen molar-refractivity contribution in [2.75, 3.05) is 20.3 Å². The number of aliphatic hydroxyl groups is 1. The van der Waals surface area contributed by atoms with Gasteiger partial charge in [0.05, 0.1) is 6.61 Å². The Bertz CT molecular complexity index is 479. The molecule has 0 saturated carbocycles. The van der Waals surface area contributed by atoms with Crippen LogP contribution in [0.3, 0.4) is 0 Å². The van der Waals surface area contributed by atoms with Gasteiger partial charge in [0.15, 0.2) is 0 Å². The zero-order valence-corrected chi connectivity index (χ0v) is 11.0. The van der Waals surface area contributed by atoms with Gasteiger partial charge < -0.3 is 14.6 Å². The van der Waals surface area contributed by atoms with Crippen molar-refractivity contribution in [3.63, 3.8) is 0 Å². The molecule has 0 aromatic heterocycles. The number of benzene rings is 2. The van der Waals surface area contributed by atoms with Crippen molar-refractivity contribution in [2.24, 2.45) is 0 Å². The molecule has 2 aromatic rings. The van der Waals surface area contributed by atoms with Crippen molar-refractivity contribution < 1.29 is 14.6 Å². The highest BCUT2D eigenvalue weighted by atomic mass is 16.5. The molecule has 0 saturated heterocycles. The quantitative estimate of drug-likeness (QED) is 0.866. The lowest BCUT2D eigenvalue weighted by atomic mass is 10.1. The number of methoxy groups -OCH3 is 1. The molecule has 19 heavy (non-hydrogen) atoms. The van der Waals surface area contributed by atoms with E-state index in [4.69, 9.17) is 9.47 Å². The Labute approximate surface area is 113 Å². The second kappa shape index (κ2) is 6.92. The van der Waals surface area contributed by atoms with Gasteiger partial charge in [0.2, 0.25) is 0 Å². The molecule has 2 aromatic carbocycles. The van der Waals surface area contributed by atoms with Crippen LogP contribution < -0.4 is 4.74 Å². The Morgan fingerprint density at radius 2 is 1.53 bits per heavy atom. The van der Waals surface area contributed by atoms with Gasteiger partial charge in [-0.05, 0) is 23.3 Å². The van der Waals surface area contributed by atoms with E-state index < -0.39 is 6.10 Å². The first-order chi connectivity index (χ1) is 9.29. The maximum absolute atomic E-state index is 9.49. The van der Waals surface area contributed by atoms with Gasteiger partial charge in [0.1, 0.15) is 18.5 Å². The Balaban J connectivity index is 1.95. The van der Waals surface area contributed by atoms with Crippen LogP contribution in [0.15, 0.2) is 54.6 Å². The molecule has 0 aliphatic carbocycles. The Hall–Kier alpha value is -1.84. The standard InChI is InChI=1S/C16H18O3/c1-18-11-15(17)12-19-16-9-7-14(8-10-16)13-5-3-2-4-6-13/h2-10,15,17H,11-12H2,1H3. The third-order valence-corrected chi connectivity index (χ3v) is 2.76. The molecular weight excluding hydrogens is 240 g/mol. The molecule has 1 atom stereocenters. The number of ether oxygens (including phenoxy) is 2. The summed E-state index contributed by atoms with van der Waals surface area (Å²) in [7, 11) is 1.55. The largest absolute Gasteiger partial charge is 0.491 e. The summed E-state index contributed by atoms with van der Waals surface area (Å²) >= 11 is 0. The summed E-state index contributed by atoms with van der Waals surface area (Å²) in [4.78, 5) is 0. The van der Waals surface area contributed by atoms with Crippen LogP contribution in [0.1, 0.15) is 0 Å². The first-order valence-electron chi connectivity index (χ1n) is 6.25. The summed E-state index contributed by atoms with van der Waals surface area (Å²) in [5.41, 5.74) is 2.32. The van der Waals surface area contributed by atoms with Crippen molar-refractivity contribution in [3.8, 4) is 16.9 Å². The average molecular weight is 258 g/mol. The molecule has 0 radical (unpaired) electrons. The predicted molar refractivity (Wildman–Crippen MR) is 75.3 cm³/mol. The lowest BCUT2D eigenvalue weighted by molar-refractivity contribution is 0.0325. The Morgan fingerprint density at radius 1 is 0.895 bits per heavy atom. The topological polar surface area (TPSA) is 38.7 Å². The van der Waals surface area contributed by atoms with Crippen molar-refractivity contribution in [1.82, 2.24) is 0 Å². The number of rotatable bonds is 6. The lowest BCUT2D eigenvalue weighted by Crippen LogP contribution is -2.22. The predicted octanol–water partition coefficient (Wildman–Crippen LogP) is 2.74. The molecular formula is C16H18O3. The van der Waals surface area contributed by atoms with E-state index in [9.17, 15) is 5.11 Å². The highest BCUT2D eigenvalue weighted by Crippen LogP contribution is 2.22. The van der Waals surface area contributed by atoms with E-state index >= 15 is 0 Å². The summed E-state index contributed by atoms with van der Waals surface area (Å²) in [6.07, 6.45) is -0.598. The van der Waals surface area contributed by atoms with Gasteiger partial charge >= 0.3 is 0 Å². The van der Waals surface area contributed by atoms with Crippen LogP contribution in [-0.4, -0.2) is 31.5 Å². The zero-order chi connectivity index (χ0) is 13.5. The van der Waals surface area contributed by atoms with E-state index in [0.29, 0.717) is 0 Å². The molecule has 3 nitrogen and oxygen atoms in total. The highest BCUT2D eigenvalue weighted by molar-refractivity contribution is 5.63.